The summed E-state index contributed by atoms with van der Waals surface area (Å²) in [6.45, 7) is 1.05. The molecule has 1 unspecified atom stereocenters. The molecule has 27 heavy (non-hydrogen) atoms. The maximum absolute atomic E-state index is 13.9. The summed E-state index contributed by atoms with van der Waals surface area (Å²) in [6, 6.07) is 11.6. The van der Waals surface area contributed by atoms with Crippen molar-refractivity contribution in [2.45, 2.75) is 16.2 Å². The van der Waals surface area contributed by atoms with Gasteiger partial charge in [0.05, 0.1) is 18.0 Å². The van der Waals surface area contributed by atoms with Crippen LogP contribution in [-0.4, -0.2) is 56.3 Å². The lowest BCUT2D eigenvalue weighted by molar-refractivity contribution is -0.126. The van der Waals surface area contributed by atoms with E-state index in [9.17, 15) is 14.3 Å². The molecule has 2 aromatic rings. The number of nitrogens with zero attached hydrogens (tertiary/aromatic N) is 2. The van der Waals surface area contributed by atoms with Crippen molar-refractivity contribution in [1.82, 2.24) is 4.90 Å². The number of ether oxygens (including phenoxy) is 1. The molecule has 3 rings (SSSR count). The second-order valence-electron chi connectivity index (χ2n) is 6.66. The number of fused-ring (bicyclic) bond motifs is 1. The van der Waals surface area contributed by atoms with E-state index in [-0.39, 0.29) is 11.7 Å². The number of hydrogen-bond donors (Lipinski definition) is 1. The summed E-state index contributed by atoms with van der Waals surface area (Å²) in [5.41, 5.74) is 1.41. The van der Waals surface area contributed by atoms with Crippen LogP contribution in [0.25, 0.3) is 0 Å². The van der Waals surface area contributed by atoms with Crippen LogP contribution in [0.1, 0.15) is 10.8 Å². The number of rotatable bonds is 5. The second-order valence-corrected chi connectivity index (χ2v) is 7.85. The quantitative estimate of drug-likeness (QED) is 0.851. The summed E-state index contributed by atoms with van der Waals surface area (Å²) in [6.07, 6.45) is -1.24. The van der Waals surface area contributed by atoms with E-state index in [4.69, 9.17) is 4.74 Å². The zero-order chi connectivity index (χ0) is 19.6. The van der Waals surface area contributed by atoms with Gasteiger partial charge in [-0.2, -0.15) is 0 Å². The Hall–Kier alpha value is -2.09. The summed E-state index contributed by atoms with van der Waals surface area (Å²) in [4.78, 5) is 17.2. The minimum Gasteiger partial charge on any atom is -0.497 e. The van der Waals surface area contributed by atoms with E-state index in [0.29, 0.717) is 29.4 Å². The van der Waals surface area contributed by atoms with E-state index in [0.717, 1.165) is 5.56 Å². The third-order valence-electron chi connectivity index (χ3n) is 4.49. The van der Waals surface area contributed by atoms with Gasteiger partial charge in [0.25, 0.3) is 5.91 Å². The average molecular weight is 390 g/mol. The molecule has 1 N–H and O–H groups in total. The summed E-state index contributed by atoms with van der Waals surface area (Å²) < 4.78 is 19.1. The number of likely N-dealkylation sites (N-methyl/N-ethyl adjacent to an activating group) is 1. The van der Waals surface area contributed by atoms with Crippen LogP contribution in [0.15, 0.2) is 47.4 Å². The number of amides is 1. The summed E-state index contributed by atoms with van der Waals surface area (Å²) in [5, 5.41) is 10.3. The van der Waals surface area contributed by atoms with Gasteiger partial charge in [-0.05, 0) is 50.0 Å². The van der Waals surface area contributed by atoms with Crippen molar-refractivity contribution in [2.24, 2.45) is 0 Å². The van der Waals surface area contributed by atoms with Crippen molar-refractivity contribution in [3.63, 3.8) is 0 Å². The zero-order valence-corrected chi connectivity index (χ0v) is 16.4. The highest BCUT2D eigenvalue weighted by atomic mass is 32.2. The Bertz CT molecular complexity index is 813. The van der Waals surface area contributed by atoms with Crippen LogP contribution >= 0.6 is 11.8 Å². The van der Waals surface area contributed by atoms with E-state index in [2.05, 4.69) is 0 Å². The van der Waals surface area contributed by atoms with Gasteiger partial charge in [-0.15, -0.1) is 11.8 Å². The number of anilines is 1. The van der Waals surface area contributed by atoms with Crippen LogP contribution in [0.2, 0.25) is 0 Å². The number of benzene rings is 2. The first-order valence-electron chi connectivity index (χ1n) is 8.65. The van der Waals surface area contributed by atoms with Gasteiger partial charge in [0.1, 0.15) is 17.7 Å². The Kier molecular flexibility index (Phi) is 6.04. The van der Waals surface area contributed by atoms with Crippen LogP contribution in [0.3, 0.4) is 0 Å². The topological polar surface area (TPSA) is 53.0 Å². The Morgan fingerprint density at radius 1 is 1.22 bits per heavy atom. The molecule has 0 bridgehead atoms. The van der Waals surface area contributed by atoms with Crippen molar-refractivity contribution in [3.8, 4) is 5.75 Å². The normalized spacial score (nSPS) is 19.8. The number of carbonyl (C=O) groups is 1. The molecule has 1 amide bonds. The largest absolute Gasteiger partial charge is 0.497 e. The summed E-state index contributed by atoms with van der Waals surface area (Å²) >= 11 is 1.30. The molecule has 0 saturated heterocycles. The van der Waals surface area contributed by atoms with Gasteiger partial charge < -0.3 is 19.6 Å². The number of carbonyl (C=O) groups excluding carboxylic acids is 1. The van der Waals surface area contributed by atoms with Crippen molar-refractivity contribution in [2.75, 3.05) is 39.2 Å². The number of aliphatic hydroxyl groups excluding tert-OH is 1. The molecule has 0 saturated carbocycles. The van der Waals surface area contributed by atoms with Crippen molar-refractivity contribution < 1.29 is 19.0 Å². The van der Waals surface area contributed by atoms with Crippen LogP contribution in [0.4, 0.5) is 10.1 Å². The first kappa shape index (κ1) is 19.7. The zero-order valence-electron chi connectivity index (χ0n) is 15.6. The third kappa shape index (κ3) is 4.26. The SMILES string of the molecule is COc1ccc([C@@H]2Sc3cc(F)ccc3N(CCN(C)C)C(=O)C2O)cc1. The van der Waals surface area contributed by atoms with Crippen LogP contribution in [-0.2, 0) is 4.79 Å². The lowest BCUT2D eigenvalue weighted by Gasteiger charge is -2.26. The smallest absolute Gasteiger partial charge is 0.257 e. The first-order chi connectivity index (χ1) is 12.9. The van der Waals surface area contributed by atoms with E-state index < -0.39 is 11.4 Å². The van der Waals surface area contributed by atoms with Gasteiger partial charge in [-0.1, -0.05) is 12.1 Å². The Morgan fingerprint density at radius 3 is 2.56 bits per heavy atom. The number of hydrogen-bond acceptors (Lipinski definition) is 5. The van der Waals surface area contributed by atoms with Crippen LogP contribution < -0.4 is 9.64 Å². The molecular formula is C20H23FN2O3S. The van der Waals surface area contributed by atoms with Crippen molar-refractivity contribution >= 4 is 23.4 Å². The molecule has 144 valence electrons. The average Bonchev–Trinajstić information content (AvgIpc) is 2.75. The minimum absolute atomic E-state index is 0.369. The lowest BCUT2D eigenvalue weighted by atomic mass is 10.1. The number of aliphatic hydroxyl groups is 1. The standard InChI is InChI=1S/C20H23FN2O3S/c1-22(2)10-11-23-16-9-6-14(21)12-17(16)27-19(18(24)20(23)25)13-4-7-15(26-3)8-5-13/h4-9,12,18-19,24H,10-11H2,1-3H3/t18?,19-/m0/s1. The molecule has 2 atom stereocenters. The number of halogens is 1. The third-order valence-corrected chi connectivity index (χ3v) is 5.85. The monoisotopic (exact) mass is 390 g/mol. The van der Waals surface area contributed by atoms with Gasteiger partial charge >= 0.3 is 0 Å². The molecule has 0 spiro atoms. The minimum atomic E-state index is -1.24. The van der Waals surface area contributed by atoms with Gasteiger partial charge in [0.15, 0.2) is 0 Å². The highest BCUT2D eigenvalue weighted by Gasteiger charge is 2.37. The van der Waals surface area contributed by atoms with Gasteiger partial charge in [0.2, 0.25) is 0 Å². The summed E-state index contributed by atoms with van der Waals surface area (Å²) in [5.74, 6) is -0.0566. The summed E-state index contributed by atoms with van der Waals surface area (Å²) in [7, 11) is 5.41. The highest BCUT2D eigenvalue weighted by Crippen LogP contribution is 2.46. The number of methoxy groups -OCH3 is 1. The molecular weight excluding hydrogens is 367 g/mol. The molecule has 2 aromatic carbocycles. The molecule has 1 aliphatic rings. The molecule has 1 aliphatic heterocycles. The van der Waals surface area contributed by atoms with Gasteiger partial charge in [-0.3, -0.25) is 4.79 Å². The van der Waals surface area contributed by atoms with Gasteiger partial charge in [0, 0.05) is 18.0 Å². The van der Waals surface area contributed by atoms with Crippen molar-refractivity contribution in [1.29, 1.82) is 0 Å². The van der Waals surface area contributed by atoms with Crippen LogP contribution in [0, 0.1) is 5.82 Å². The Labute approximate surface area is 162 Å². The predicted molar refractivity (Wildman–Crippen MR) is 105 cm³/mol. The number of thioether (sulfide) groups is 1. The molecule has 0 fully saturated rings. The molecule has 1 heterocycles. The molecule has 7 heteroatoms. The first-order valence-corrected chi connectivity index (χ1v) is 9.53. The van der Waals surface area contributed by atoms with Crippen LogP contribution in [0.5, 0.6) is 5.75 Å². The molecule has 0 radical (unpaired) electrons. The maximum Gasteiger partial charge on any atom is 0.257 e. The lowest BCUT2D eigenvalue weighted by Crippen LogP contribution is -2.43. The second kappa shape index (κ2) is 8.29. The Morgan fingerprint density at radius 2 is 1.93 bits per heavy atom. The molecule has 5 nitrogen and oxygen atoms in total. The fourth-order valence-electron chi connectivity index (χ4n) is 2.99. The fraction of sp³-hybridized carbons (Fsp3) is 0.350. The Balaban J connectivity index is 2.01. The maximum atomic E-state index is 13.9. The predicted octanol–water partition coefficient (Wildman–Crippen LogP) is 2.94. The van der Waals surface area contributed by atoms with E-state index in [1.807, 2.05) is 31.1 Å². The highest BCUT2D eigenvalue weighted by molar-refractivity contribution is 7.99. The van der Waals surface area contributed by atoms with E-state index in [1.54, 1.807) is 30.2 Å². The molecule has 0 aliphatic carbocycles. The van der Waals surface area contributed by atoms with Crippen molar-refractivity contribution in [3.05, 3.63) is 53.8 Å². The molecule has 0 aromatic heterocycles. The van der Waals surface area contributed by atoms with E-state index in [1.165, 1.54) is 23.9 Å². The fourth-order valence-corrected chi connectivity index (χ4v) is 4.28. The van der Waals surface area contributed by atoms with Gasteiger partial charge in [-0.25, -0.2) is 4.39 Å². The van der Waals surface area contributed by atoms with E-state index >= 15 is 0 Å².